The van der Waals surface area contributed by atoms with E-state index in [4.69, 9.17) is 0 Å². The van der Waals surface area contributed by atoms with E-state index >= 15 is 0 Å². The molecule has 0 aliphatic heterocycles. The Morgan fingerprint density at radius 2 is 1.72 bits per heavy atom. The Kier molecular flexibility index (Phi) is 2.60. The number of carbonyl (C=O) groups excluding carboxylic acids is 1. The SMILES string of the molecule is CCCNC(=O)C12CC3C[C@@](C)(C1)C[C@@](C)(C3)C2. The molecular formula is C16H27NO. The minimum Gasteiger partial charge on any atom is -0.356 e. The van der Waals surface area contributed by atoms with E-state index in [9.17, 15) is 4.79 Å². The fourth-order valence-electron chi connectivity index (χ4n) is 6.13. The fourth-order valence-corrected chi connectivity index (χ4v) is 6.13. The first-order valence-corrected chi connectivity index (χ1v) is 7.67. The van der Waals surface area contributed by atoms with Crippen LogP contribution in [-0.2, 0) is 4.79 Å². The van der Waals surface area contributed by atoms with Crippen LogP contribution in [0.1, 0.15) is 65.7 Å². The maximum Gasteiger partial charge on any atom is 0.226 e. The predicted molar refractivity (Wildman–Crippen MR) is 73.1 cm³/mol. The molecule has 0 aromatic heterocycles. The topological polar surface area (TPSA) is 29.1 Å². The van der Waals surface area contributed by atoms with Crippen LogP contribution in [0.4, 0.5) is 0 Å². The normalized spacial score (nSPS) is 49.4. The van der Waals surface area contributed by atoms with Crippen molar-refractivity contribution in [3.05, 3.63) is 0 Å². The molecule has 0 aromatic rings. The molecule has 2 nitrogen and oxygen atoms in total. The Balaban J connectivity index is 1.86. The van der Waals surface area contributed by atoms with Crippen molar-refractivity contribution in [3.8, 4) is 0 Å². The Morgan fingerprint density at radius 1 is 1.11 bits per heavy atom. The first kappa shape index (κ1) is 12.5. The molecule has 2 atom stereocenters. The molecule has 0 spiro atoms. The minimum absolute atomic E-state index is 0.0158. The van der Waals surface area contributed by atoms with Crippen LogP contribution in [-0.4, -0.2) is 12.5 Å². The van der Waals surface area contributed by atoms with Crippen LogP contribution in [0.2, 0.25) is 0 Å². The lowest BCUT2D eigenvalue weighted by atomic mass is 9.40. The van der Waals surface area contributed by atoms with E-state index in [-0.39, 0.29) is 5.41 Å². The van der Waals surface area contributed by atoms with Gasteiger partial charge in [0.1, 0.15) is 0 Å². The Bertz CT molecular complexity index is 357. The van der Waals surface area contributed by atoms with Gasteiger partial charge in [0.2, 0.25) is 5.91 Å². The zero-order chi connectivity index (χ0) is 13.0. The van der Waals surface area contributed by atoms with Crippen LogP contribution >= 0.6 is 0 Å². The highest BCUT2D eigenvalue weighted by Gasteiger charge is 2.62. The van der Waals surface area contributed by atoms with Crippen LogP contribution in [0, 0.1) is 22.2 Å². The van der Waals surface area contributed by atoms with Gasteiger partial charge in [0.05, 0.1) is 5.41 Å². The highest BCUT2D eigenvalue weighted by atomic mass is 16.2. The number of rotatable bonds is 3. The molecule has 0 saturated heterocycles. The lowest BCUT2D eigenvalue weighted by Gasteiger charge is -2.64. The molecule has 4 bridgehead atoms. The quantitative estimate of drug-likeness (QED) is 0.815. The molecule has 0 radical (unpaired) electrons. The molecule has 0 unspecified atom stereocenters. The standard InChI is InChI=1S/C16H27NO/c1-4-5-17-13(18)16-8-12-6-14(2,10-16)9-15(3,7-12)11-16/h12H,4-11H2,1-3H3,(H,17,18)/t12?,14-,15-,16?/m1/s1. The van der Waals surface area contributed by atoms with Gasteiger partial charge in [0.15, 0.2) is 0 Å². The molecule has 4 aliphatic rings. The van der Waals surface area contributed by atoms with Gasteiger partial charge in [-0.25, -0.2) is 0 Å². The van der Waals surface area contributed by atoms with Crippen LogP contribution in [0.3, 0.4) is 0 Å². The van der Waals surface area contributed by atoms with E-state index in [0.717, 1.165) is 38.1 Å². The number of carbonyl (C=O) groups is 1. The summed E-state index contributed by atoms with van der Waals surface area (Å²) >= 11 is 0. The molecule has 102 valence electrons. The lowest BCUT2D eigenvalue weighted by molar-refractivity contribution is -0.170. The van der Waals surface area contributed by atoms with E-state index in [1.165, 1.54) is 19.3 Å². The summed E-state index contributed by atoms with van der Waals surface area (Å²) in [4.78, 5) is 12.6. The number of hydrogen-bond donors (Lipinski definition) is 1. The van der Waals surface area contributed by atoms with Crippen molar-refractivity contribution < 1.29 is 4.79 Å². The largest absolute Gasteiger partial charge is 0.356 e. The third kappa shape index (κ3) is 1.80. The van der Waals surface area contributed by atoms with Crippen LogP contribution in [0.25, 0.3) is 0 Å². The molecule has 18 heavy (non-hydrogen) atoms. The summed E-state index contributed by atoms with van der Waals surface area (Å²) in [5, 5.41) is 3.18. The molecule has 4 rings (SSSR count). The van der Waals surface area contributed by atoms with Crippen molar-refractivity contribution in [2.75, 3.05) is 6.54 Å². The van der Waals surface area contributed by atoms with Gasteiger partial charge in [-0.1, -0.05) is 20.8 Å². The van der Waals surface area contributed by atoms with Gasteiger partial charge in [0, 0.05) is 6.54 Å². The molecular weight excluding hydrogens is 222 g/mol. The Hall–Kier alpha value is -0.530. The molecule has 4 saturated carbocycles. The van der Waals surface area contributed by atoms with Crippen LogP contribution < -0.4 is 5.32 Å². The first-order chi connectivity index (χ1) is 8.39. The molecule has 4 aliphatic carbocycles. The van der Waals surface area contributed by atoms with E-state index in [1.807, 2.05) is 0 Å². The Morgan fingerprint density at radius 3 is 2.22 bits per heavy atom. The molecule has 1 amide bonds. The summed E-state index contributed by atoms with van der Waals surface area (Å²) in [6, 6.07) is 0. The summed E-state index contributed by atoms with van der Waals surface area (Å²) in [5.74, 6) is 1.18. The molecule has 4 fully saturated rings. The summed E-state index contributed by atoms with van der Waals surface area (Å²) in [5.41, 5.74) is 0.869. The predicted octanol–water partition coefficient (Wildman–Crippen LogP) is 3.51. The van der Waals surface area contributed by atoms with Gasteiger partial charge in [0.25, 0.3) is 0 Å². The third-order valence-corrected chi connectivity index (χ3v) is 5.64. The number of nitrogens with one attached hydrogen (secondary N) is 1. The van der Waals surface area contributed by atoms with Gasteiger partial charge in [-0.3, -0.25) is 4.79 Å². The monoisotopic (exact) mass is 249 g/mol. The maximum atomic E-state index is 12.6. The summed E-state index contributed by atoms with van der Waals surface area (Å²) in [6.07, 6.45) is 8.56. The zero-order valence-corrected chi connectivity index (χ0v) is 12.1. The van der Waals surface area contributed by atoms with Gasteiger partial charge in [-0.15, -0.1) is 0 Å². The average Bonchev–Trinajstić information content (AvgIpc) is 2.20. The van der Waals surface area contributed by atoms with Crippen molar-refractivity contribution in [3.63, 3.8) is 0 Å². The molecule has 1 N–H and O–H groups in total. The smallest absolute Gasteiger partial charge is 0.226 e. The maximum absolute atomic E-state index is 12.6. The van der Waals surface area contributed by atoms with Crippen LogP contribution in [0.5, 0.6) is 0 Å². The summed E-state index contributed by atoms with van der Waals surface area (Å²) < 4.78 is 0. The van der Waals surface area contributed by atoms with E-state index < -0.39 is 0 Å². The van der Waals surface area contributed by atoms with Crippen molar-refractivity contribution in [2.24, 2.45) is 22.2 Å². The van der Waals surface area contributed by atoms with Gasteiger partial charge < -0.3 is 5.32 Å². The van der Waals surface area contributed by atoms with Crippen LogP contribution in [0.15, 0.2) is 0 Å². The van der Waals surface area contributed by atoms with E-state index in [1.54, 1.807) is 0 Å². The van der Waals surface area contributed by atoms with Gasteiger partial charge in [-0.2, -0.15) is 0 Å². The summed E-state index contributed by atoms with van der Waals surface area (Å²) in [7, 11) is 0. The Labute approximate surface area is 111 Å². The lowest BCUT2D eigenvalue weighted by Crippen LogP contribution is -2.59. The zero-order valence-electron chi connectivity index (χ0n) is 12.1. The van der Waals surface area contributed by atoms with Gasteiger partial charge >= 0.3 is 0 Å². The number of amides is 1. The second-order valence-corrected chi connectivity index (χ2v) is 8.17. The third-order valence-electron chi connectivity index (χ3n) is 5.64. The second kappa shape index (κ2) is 3.74. The fraction of sp³-hybridized carbons (Fsp3) is 0.938. The van der Waals surface area contributed by atoms with Crippen molar-refractivity contribution in [1.82, 2.24) is 5.32 Å². The van der Waals surface area contributed by atoms with E-state index in [0.29, 0.717) is 16.7 Å². The highest BCUT2D eigenvalue weighted by molar-refractivity contribution is 5.83. The molecule has 0 aromatic carbocycles. The number of hydrogen-bond acceptors (Lipinski definition) is 1. The first-order valence-electron chi connectivity index (χ1n) is 7.67. The molecule has 2 heteroatoms. The minimum atomic E-state index is -0.0158. The van der Waals surface area contributed by atoms with Crippen molar-refractivity contribution in [1.29, 1.82) is 0 Å². The van der Waals surface area contributed by atoms with Gasteiger partial charge in [-0.05, 0) is 61.7 Å². The summed E-state index contributed by atoms with van der Waals surface area (Å²) in [6.45, 7) is 7.83. The highest BCUT2D eigenvalue weighted by Crippen LogP contribution is 2.69. The molecule has 0 heterocycles. The van der Waals surface area contributed by atoms with Crippen molar-refractivity contribution in [2.45, 2.75) is 65.7 Å². The second-order valence-electron chi connectivity index (χ2n) is 8.17. The average molecular weight is 249 g/mol. The van der Waals surface area contributed by atoms with E-state index in [2.05, 4.69) is 26.1 Å². The van der Waals surface area contributed by atoms with Crippen molar-refractivity contribution >= 4 is 5.91 Å².